The van der Waals surface area contributed by atoms with Crippen LogP contribution in [0.4, 0.5) is 0 Å². The van der Waals surface area contributed by atoms with Crippen LogP contribution in [0.25, 0.3) is 0 Å². The molecule has 2 aliphatic rings. The molecule has 2 aromatic carbocycles. The van der Waals surface area contributed by atoms with Gasteiger partial charge in [0.1, 0.15) is 11.4 Å². The van der Waals surface area contributed by atoms with E-state index in [2.05, 4.69) is 41.2 Å². The summed E-state index contributed by atoms with van der Waals surface area (Å²) in [5.74, 6) is 1.59. The number of carbonyl (C=O) groups is 1. The number of ether oxygens (including phenoxy) is 2. The number of hydrogen-bond acceptors (Lipinski definition) is 5. The summed E-state index contributed by atoms with van der Waals surface area (Å²) >= 11 is 0. The maximum absolute atomic E-state index is 14.2. The smallest absolute Gasteiger partial charge is 0.241 e. The van der Waals surface area contributed by atoms with E-state index in [0.717, 1.165) is 42.0 Å². The van der Waals surface area contributed by atoms with Gasteiger partial charge >= 0.3 is 0 Å². The molecule has 6 nitrogen and oxygen atoms in total. The quantitative estimate of drug-likeness (QED) is 0.503. The fourth-order valence-corrected chi connectivity index (χ4v) is 5.45. The van der Waals surface area contributed by atoms with Crippen molar-refractivity contribution < 1.29 is 14.3 Å². The summed E-state index contributed by atoms with van der Waals surface area (Å²) in [5.41, 5.74) is 3.62. The lowest BCUT2D eigenvalue weighted by atomic mass is 9.72. The number of hydrogen-bond donors (Lipinski definition) is 0. The lowest BCUT2D eigenvalue weighted by Gasteiger charge is -2.43. The van der Waals surface area contributed by atoms with Gasteiger partial charge in [-0.3, -0.25) is 9.78 Å². The molecule has 3 aromatic rings. The van der Waals surface area contributed by atoms with Gasteiger partial charge in [0, 0.05) is 44.6 Å². The SMILES string of the molecule is Cc1cccc(C2(C(=O)N3CCCC(c4nccnc4Oc4ccccc4C)C3)CCOCC2)c1. The average molecular weight is 472 g/mol. The number of benzene rings is 2. The van der Waals surface area contributed by atoms with Crippen LogP contribution in [0.3, 0.4) is 0 Å². The summed E-state index contributed by atoms with van der Waals surface area (Å²) in [6, 6.07) is 16.3. The zero-order valence-corrected chi connectivity index (χ0v) is 20.6. The molecule has 35 heavy (non-hydrogen) atoms. The van der Waals surface area contributed by atoms with Crippen molar-refractivity contribution in [3.8, 4) is 11.6 Å². The van der Waals surface area contributed by atoms with Gasteiger partial charge in [-0.25, -0.2) is 4.98 Å². The summed E-state index contributed by atoms with van der Waals surface area (Å²) in [5, 5.41) is 0. The fourth-order valence-electron chi connectivity index (χ4n) is 5.45. The summed E-state index contributed by atoms with van der Waals surface area (Å²) in [7, 11) is 0. The summed E-state index contributed by atoms with van der Waals surface area (Å²) in [6.45, 7) is 6.70. The van der Waals surface area contributed by atoms with Gasteiger partial charge in [-0.2, -0.15) is 0 Å². The van der Waals surface area contributed by atoms with Crippen LogP contribution in [-0.2, 0) is 14.9 Å². The molecule has 0 aliphatic carbocycles. The molecule has 0 spiro atoms. The number of rotatable bonds is 5. The van der Waals surface area contributed by atoms with Crippen LogP contribution in [0, 0.1) is 13.8 Å². The van der Waals surface area contributed by atoms with Crippen LogP contribution in [0.1, 0.15) is 54.0 Å². The van der Waals surface area contributed by atoms with E-state index in [9.17, 15) is 4.79 Å². The van der Waals surface area contributed by atoms with Crippen LogP contribution in [0.2, 0.25) is 0 Å². The molecule has 2 aliphatic heterocycles. The first-order chi connectivity index (χ1) is 17.1. The van der Waals surface area contributed by atoms with Gasteiger partial charge in [-0.1, -0.05) is 48.0 Å². The zero-order chi connectivity index (χ0) is 24.3. The van der Waals surface area contributed by atoms with Gasteiger partial charge in [-0.05, 0) is 56.7 Å². The number of piperidine rings is 1. The molecule has 1 aromatic heterocycles. The van der Waals surface area contributed by atoms with E-state index in [4.69, 9.17) is 9.47 Å². The molecule has 0 radical (unpaired) electrons. The second-order valence-corrected chi connectivity index (χ2v) is 9.77. The van der Waals surface area contributed by atoms with Crippen molar-refractivity contribution in [2.24, 2.45) is 0 Å². The van der Waals surface area contributed by atoms with Crippen molar-refractivity contribution in [2.45, 2.75) is 50.9 Å². The highest BCUT2D eigenvalue weighted by Gasteiger charge is 2.45. The largest absolute Gasteiger partial charge is 0.437 e. The van der Waals surface area contributed by atoms with E-state index in [1.807, 2.05) is 36.1 Å². The minimum atomic E-state index is -0.533. The predicted molar refractivity (Wildman–Crippen MR) is 135 cm³/mol. The minimum Gasteiger partial charge on any atom is -0.437 e. The van der Waals surface area contributed by atoms with Crippen molar-refractivity contribution in [2.75, 3.05) is 26.3 Å². The first-order valence-corrected chi connectivity index (χ1v) is 12.6. The molecule has 2 saturated heterocycles. The normalized spacial score (nSPS) is 19.8. The molecular weight excluding hydrogens is 438 g/mol. The Labute approximate surface area is 207 Å². The molecule has 1 atom stereocenters. The maximum atomic E-state index is 14.2. The molecule has 0 bridgehead atoms. The van der Waals surface area contributed by atoms with Crippen LogP contribution in [0.15, 0.2) is 60.9 Å². The van der Waals surface area contributed by atoms with Crippen LogP contribution < -0.4 is 4.74 Å². The number of nitrogens with zero attached hydrogens (tertiary/aromatic N) is 3. The molecule has 1 amide bonds. The standard InChI is InChI=1S/C29H33N3O3/c1-21-7-5-10-24(19-21)29(12-17-34-18-13-29)28(33)32-16-6-9-23(20-32)26-27(31-15-14-30-26)35-25-11-4-3-8-22(25)2/h3-5,7-8,10-11,14-15,19,23H,6,9,12-13,16-18,20H2,1-2H3. The zero-order valence-electron chi connectivity index (χ0n) is 20.6. The van der Waals surface area contributed by atoms with Gasteiger partial charge in [0.05, 0.1) is 5.41 Å². The number of likely N-dealkylation sites (tertiary alicyclic amines) is 1. The second-order valence-electron chi connectivity index (χ2n) is 9.77. The Hall–Kier alpha value is -3.25. The van der Waals surface area contributed by atoms with Crippen molar-refractivity contribution >= 4 is 5.91 Å². The Kier molecular flexibility index (Phi) is 6.82. The van der Waals surface area contributed by atoms with Gasteiger partial charge in [-0.15, -0.1) is 0 Å². The molecule has 5 rings (SSSR count). The lowest BCUT2D eigenvalue weighted by molar-refractivity contribution is -0.142. The second kappa shape index (κ2) is 10.2. The Morgan fingerprint density at radius 1 is 1.06 bits per heavy atom. The van der Waals surface area contributed by atoms with Gasteiger partial charge in [0.15, 0.2) is 0 Å². The molecule has 6 heteroatoms. The number of carbonyl (C=O) groups excluding carboxylic acids is 1. The average Bonchev–Trinajstić information content (AvgIpc) is 2.90. The first kappa shape index (κ1) is 23.5. The van der Waals surface area contributed by atoms with Crippen LogP contribution in [0.5, 0.6) is 11.6 Å². The molecule has 2 fully saturated rings. The Balaban J connectivity index is 1.41. The number of para-hydroxylation sites is 1. The topological polar surface area (TPSA) is 64.6 Å². The summed E-state index contributed by atoms with van der Waals surface area (Å²) in [6.07, 6.45) is 6.68. The number of aryl methyl sites for hydroxylation is 2. The van der Waals surface area contributed by atoms with Crippen molar-refractivity contribution in [3.63, 3.8) is 0 Å². The number of amides is 1. The highest BCUT2D eigenvalue weighted by molar-refractivity contribution is 5.88. The van der Waals surface area contributed by atoms with Gasteiger partial charge < -0.3 is 14.4 Å². The highest BCUT2D eigenvalue weighted by Crippen LogP contribution is 2.40. The Morgan fingerprint density at radius 3 is 2.66 bits per heavy atom. The third-order valence-electron chi connectivity index (χ3n) is 7.41. The van der Waals surface area contributed by atoms with Crippen molar-refractivity contribution in [1.82, 2.24) is 14.9 Å². The molecule has 0 saturated carbocycles. The van der Waals surface area contributed by atoms with Crippen molar-refractivity contribution in [1.29, 1.82) is 0 Å². The summed E-state index contributed by atoms with van der Waals surface area (Å²) < 4.78 is 11.9. The minimum absolute atomic E-state index is 0.0785. The predicted octanol–water partition coefficient (Wildman–Crippen LogP) is 5.34. The Morgan fingerprint density at radius 2 is 1.86 bits per heavy atom. The van der Waals surface area contributed by atoms with E-state index in [0.29, 0.717) is 38.5 Å². The van der Waals surface area contributed by atoms with E-state index in [1.54, 1.807) is 12.4 Å². The fraction of sp³-hybridized carbons (Fsp3) is 0.414. The number of aromatic nitrogens is 2. The van der Waals surface area contributed by atoms with Crippen LogP contribution >= 0.6 is 0 Å². The lowest BCUT2D eigenvalue weighted by Crippen LogP contribution is -2.52. The maximum Gasteiger partial charge on any atom is 0.241 e. The highest BCUT2D eigenvalue weighted by atomic mass is 16.5. The molecule has 0 N–H and O–H groups in total. The summed E-state index contributed by atoms with van der Waals surface area (Å²) in [4.78, 5) is 25.4. The molecule has 3 heterocycles. The Bertz CT molecular complexity index is 1190. The first-order valence-electron chi connectivity index (χ1n) is 12.6. The van der Waals surface area contributed by atoms with E-state index in [1.165, 1.54) is 5.56 Å². The molecule has 182 valence electrons. The van der Waals surface area contributed by atoms with E-state index < -0.39 is 5.41 Å². The van der Waals surface area contributed by atoms with Crippen molar-refractivity contribution in [3.05, 3.63) is 83.3 Å². The van der Waals surface area contributed by atoms with Gasteiger partial charge in [0.25, 0.3) is 0 Å². The molecular formula is C29H33N3O3. The third kappa shape index (κ3) is 4.80. The third-order valence-corrected chi connectivity index (χ3v) is 7.41. The van der Waals surface area contributed by atoms with Crippen LogP contribution in [-0.4, -0.2) is 47.1 Å². The van der Waals surface area contributed by atoms with Gasteiger partial charge in [0.2, 0.25) is 11.8 Å². The molecule has 1 unspecified atom stereocenters. The monoisotopic (exact) mass is 471 g/mol. The van der Waals surface area contributed by atoms with E-state index >= 15 is 0 Å². The van der Waals surface area contributed by atoms with E-state index in [-0.39, 0.29) is 11.8 Å².